The second-order valence-corrected chi connectivity index (χ2v) is 5.68. The second kappa shape index (κ2) is 6.10. The Morgan fingerprint density at radius 1 is 0.952 bits per heavy atom. The second-order valence-electron chi connectivity index (χ2n) is 5.31. The molecule has 21 heavy (non-hydrogen) atoms. The summed E-state index contributed by atoms with van der Waals surface area (Å²) in [5, 5.41) is 0.560. The van der Waals surface area contributed by atoms with Gasteiger partial charge in [0.25, 0.3) is 0 Å². The quantitative estimate of drug-likeness (QED) is 0.645. The van der Waals surface area contributed by atoms with E-state index in [-0.39, 0.29) is 17.9 Å². The zero-order valence-electron chi connectivity index (χ0n) is 11.8. The Hall–Kier alpha value is -1.48. The van der Waals surface area contributed by atoms with Crippen molar-refractivity contribution in [2.24, 2.45) is 0 Å². The maximum atomic E-state index is 13.0. The van der Waals surface area contributed by atoms with Gasteiger partial charge in [-0.1, -0.05) is 61.8 Å². The average molecular weight is 313 g/mol. The fraction of sp³-hybridized carbons (Fsp3) is 0.294. The molecule has 0 aromatic heterocycles. The minimum absolute atomic E-state index is 0.176. The summed E-state index contributed by atoms with van der Waals surface area (Å²) in [5.41, 5.74) is 1.32. The fourth-order valence-corrected chi connectivity index (χ4v) is 2.75. The lowest BCUT2D eigenvalue weighted by atomic mass is 9.95. The molecule has 0 aliphatic rings. The van der Waals surface area contributed by atoms with E-state index in [0.29, 0.717) is 5.02 Å². The maximum absolute atomic E-state index is 13.0. The summed E-state index contributed by atoms with van der Waals surface area (Å²) >= 11 is 6.34. The smallest absolute Gasteiger partial charge is 0.166 e. The normalized spacial score (nSPS) is 12.0. The molecule has 0 unspecified atom stereocenters. The summed E-state index contributed by atoms with van der Waals surface area (Å²) in [4.78, 5) is 0. The summed E-state index contributed by atoms with van der Waals surface area (Å²) in [6.45, 7) is 4.02. The van der Waals surface area contributed by atoms with Crippen LogP contribution >= 0.6 is 11.6 Å². The molecule has 4 heteroatoms. The molecule has 0 saturated carbocycles. The molecule has 0 fully saturated rings. The minimum atomic E-state index is -4.35. The Bertz CT molecular complexity index is 630. The molecule has 0 bridgehead atoms. The van der Waals surface area contributed by atoms with E-state index in [1.165, 1.54) is 12.1 Å². The fourth-order valence-electron chi connectivity index (χ4n) is 2.34. The van der Waals surface area contributed by atoms with E-state index in [2.05, 4.69) is 0 Å². The first kappa shape index (κ1) is 15.9. The number of halogens is 4. The lowest BCUT2D eigenvalue weighted by Crippen LogP contribution is -2.09. The molecule has 0 nitrogen and oxygen atoms in total. The molecule has 0 aliphatic heterocycles. The van der Waals surface area contributed by atoms with E-state index in [1.54, 1.807) is 12.1 Å². The molecular weight excluding hydrogens is 297 g/mol. The van der Waals surface area contributed by atoms with E-state index in [9.17, 15) is 13.2 Å². The molecule has 0 amide bonds. The highest BCUT2D eigenvalue weighted by atomic mass is 35.5. The first-order valence-electron chi connectivity index (χ1n) is 6.73. The van der Waals surface area contributed by atoms with Crippen molar-refractivity contribution in [1.29, 1.82) is 0 Å². The first-order chi connectivity index (χ1) is 9.80. The van der Waals surface area contributed by atoms with Crippen LogP contribution in [0.3, 0.4) is 0 Å². The van der Waals surface area contributed by atoms with Crippen molar-refractivity contribution in [3.63, 3.8) is 0 Å². The van der Waals surface area contributed by atoms with Gasteiger partial charge in [0.05, 0.1) is 5.56 Å². The molecule has 0 saturated heterocycles. The summed E-state index contributed by atoms with van der Waals surface area (Å²) in [7, 11) is 0. The van der Waals surface area contributed by atoms with Crippen molar-refractivity contribution in [2.45, 2.75) is 32.4 Å². The molecule has 0 radical (unpaired) electrons. The van der Waals surface area contributed by atoms with Crippen molar-refractivity contribution >= 4 is 11.6 Å². The molecule has 0 atom stereocenters. The molecular formula is C17H16ClF3. The van der Waals surface area contributed by atoms with Crippen LogP contribution in [-0.2, 0) is 12.6 Å². The molecule has 2 aromatic rings. The van der Waals surface area contributed by atoms with Crippen molar-refractivity contribution < 1.29 is 13.2 Å². The third kappa shape index (κ3) is 3.59. The van der Waals surface area contributed by atoms with Crippen LogP contribution in [-0.4, -0.2) is 0 Å². The predicted octanol–water partition coefficient (Wildman–Crippen LogP) is 6.07. The van der Waals surface area contributed by atoms with E-state index >= 15 is 0 Å². The first-order valence-corrected chi connectivity index (χ1v) is 7.11. The van der Waals surface area contributed by atoms with Crippen LogP contribution in [0.25, 0.3) is 0 Å². The number of hydrogen-bond donors (Lipinski definition) is 0. The lowest BCUT2D eigenvalue weighted by Gasteiger charge is -2.15. The largest absolute Gasteiger partial charge is 0.416 e. The van der Waals surface area contributed by atoms with Crippen molar-refractivity contribution in [2.75, 3.05) is 0 Å². The number of benzene rings is 2. The number of hydrogen-bond acceptors (Lipinski definition) is 0. The highest BCUT2D eigenvalue weighted by Crippen LogP contribution is 2.35. The SMILES string of the molecule is CC(C)c1cccc(Cc2ccccc2C(F)(F)F)c1Cl. The Labute approximate surface area is 127 Å². The third-order valence-electron chi connectivity index (χ3n) is 3.43. The van der Waals surface area contributed by atoms with Gasteiger partial charge in [0, 0.05) is 5.02 Å². The van der Waals surface area contributed by atoms with E-state index in [1.807, 2.05) is 26.0 Å². The Morgan fingerprint density at radius 3 is 2.19 bits per heavy atom. The van der Waals surface area contributed by atoms with Crippen molar-refractivity contribution in [3.8, 4) is 0 Å². The van der Waals surface area contributed by atoms with Gasteiger partial charge in [0.15, 0.2) is 0 Å². The monoisotopic (exact) mass is 312 g/mol. The van der Waals surface area contributed by atoms with Gasteiger partial charge in [-0.3, -0.25) is 0 Å². The molecule has 0 heterocycles. The predicted molar refractivity (Wildman–Crippen MR) is 79.8 cm³/mol. The van der Waals surface area contributed by atoms with Gasteiger partial charge in [-0.05, 0) is 35.1 Å². The minimum Gasteiger partial charge on any atom is -0.166 e. The van der Waals surface area contributed by atoms with E-state index < -0.39 is 11.7 Å². The van der Waals surface area contributed by atoms with Gasteiger partial charge in [0.2, 0.25) is 0 Å². The highest BCUT2D eigenvalue weighted by molar-refractivity contribution is 6.32. The average Bonchev–Trinajstić information content (AvgIpc) is 2.40. The van der Waals surface area contributed by atoms with Gasteiger partial charge in [0.1, 0.15) is 0 Å². The van der Waals surface area contributed by atoms with Gasteiger partial charge in [-0.2, -0.15) is 13.2 Å². The van der Waals surface area contributed by atoms with Crippen LogP contribution in [0, 0.1) is 0 Å². The molecule has 0 N–H and O–H groups in total. The van der Waals surface area contributed by atoms with Crippen molar-refractivity contribution in [3.05, 3.63) is 69.7 Å². The highest BCUT2D eigenvalue weighted by Gasteiger charge is 2.32. The van der Waals surface area contributed by atoms with Gasteiger partial charge in [-0.25, -0.2) is 0 Å². The van der Waals surface area contributed by atoms with Gasteiger partial charge in [-0.15, -0.1) is 0 Å². The van der Waals surface area contributed by atoms with Crippen LogP contribution < -0.4 is 0 Å². The Morgan fingerprint density at radius 2 is 1.57 bits per heavy atom. The number of alkyl halides is 3. The summed E-state index contributed by atoms with van der Waals surface area (Å²) in [6.07, 6.45) is -4.17. The maximum Gasteiger partial charge on any atom is 0.416 e. The topological polar surface area (TPSA) is 0 Å². The van der Waals surface area contributed by atoms with Gasteiger partial charge >= 0.3 is 6.18 Å². The van der Waals surface area contributed by atoms with Crippen LogP contribution in [0.2, 0.25) is 5.02 Å². The van der Waals surface area contributed by atoms with E-state index in [4.69, 9.17) is 11.6 Å². The Balaban J connectivity index is 2.42. The Kier molecular flexibility index (Phi) is 4.62. The lowest BCUT2D eigenvalue weighted by molar-refractivity contribution is -0.138. The zero-order chi connectivity index (χ0) is 15.6. The van der Waals surface area contributed by atoms with Crippen LogP contribution in [0.15, 0.2) is 42.5 Å². The third-order valence-corrected chi connectivity index (χ3v) is 3.90. The number of rotatable bonds is 3. The summed E-state index contributed by atoms with van der Waals surface area (Å²) < 4.78 is 39.1. The molecule has 0 aliphatic carbocycles. The van der Waals surface area contributed by atoms with E-state index in [0.717, 1.165) is 17.2 Å². The molecule has 0 spiro atoms. The zero-order valence-corrected chi connectivity index (χ0v) is 12.6. The summed E-state index contributed by atoms with van der Waals surface area (Å²) in [6, 6.07) is 11.2. The molecule has 2 rings (SSSR count). The summed E-state index contributed by atoms with van der Waals surface area (Å²) in [5.74, 6) is 0.232. The van der Waals surface area contributed by atoms with Gasteiger partial charge < -0.3 is 0 Å². The molecule has 112 valence electrons. The van der Waals surface area contributed by atoms with Crippen LogP contribution in [0.5, 0.6) is 0 Å². The van der Waals surface area contributed by atoms with Crippen LogP contribution in [0.1, 0.15) is 42.0 Å². The standard InChI is InChI=1S/C17H16ClF3/c1-11(2)14-8-5-7-13(16(14)18)10-12-6-3-4-9-15(12)17(19,20)21/h3-9,11H,10H2,1-2H3. The van der Waals surface area contributed by atoms with Crippen molar-refractivity contribution in [1.82, 2.24) is 0 Å². The van der Waals surface area contributed by atoms with Crippen LogP contribution in [0.4, 0.5) is 13.2 Å². The molecule has 2 aromatic carbocycles.